The molecular weight excluding hydrogens is 311 g/mol. The van der Waals surface area contributed by atoms with Crippen LogP contribution in [-0.2, 0) is 4.79 Å². The Labute approximate surface area is 139 Å². The molecule has 7 heteroatoms. The van der Waals surface area contributed by atoms with E-state index in [9.17, 15) is 14.3 Å². The van der Waals surface area contributed by atoms with Crippen LogP contribution in [0.15, 0.2) is 30.3 Å². The molecule has 2 heterocycles. The van der Waals surface area contributed by atoms with Crippen molar-refractivity contribution in [1.82, 2.24) is 9.97 Å². The standard InChI is InChI=1S/C17H19FN4O2/c1-11-19-15(21-14-7-3-2-6-13(14)18)9-16(20-11)22-8-4-5-12(10-22)17(23)24/h2-3,6-7,9,12H,4-5,8,10H2,1H3,(H,23,24)(H,19,20,21)/t12-/m1/s1. The smallest absolute Gasteiger partial charge is 0.308 e. The quantitative estimate of drug-likeness (QED) is 0.897. The van der Waals surface area contributed by atoms with E-state index in [2.05, 4.69) is 15.3 Å². The molecule has 1 aliphatic heterocycles. The second kappa shape index (κ2) is 6.82. The molecule has 1 aromatic carbocycles. The van der Waals surface area contributed by atoms with Gasteiger partial charge in [-0.3, -0.25) is 4.79 Å². The maximum Gasteiger partial charge on any atom is 0.308 e. The molecule has 1 fully saturated rings. The van der Waals surface area contributed by atoms with Crippen LogP contribution in [0, 0.1) is 18.7 Å². The van der Waals surface area contributed by atoms with Crippen LogP contribution in [0.1, 0.15) is 18.7 Å². The molecule has 126 valence electrons. The lowest BCUT2D eigenvalue weighted by Crippen LogP contribution is -2.39. The summed E-state index contributed by atoms with van der Waals surface area (Å²) in [7, 11) is 0. The minimum Gasteiger partial charge on any atom is -0.481 e. The molecular formula is C17H19FN4O2. The summed E-state index contributed by atoms with van der Waals surface area (Å²) in [6, 6.07) is 8.09. The third kappa shape index (κ3) is 3.61. The number of hydrogen-bond acceptors (Lipinski definition) is 5. The molecule has 1 aromatic heterocycles. The zero-order valence-electron chi connectivity index (χ0n) is 13.4. The first-order valence-electron chi connectivity index (χ1n) is 7.88. The maximum atomic E-state index is 13.8. The van der Waals surface area contributed by atoms with Gasteiger partial charge in [0.15, 0.2) is 0 Å². The third-order valence-electron chi connectivity index (χ3n) is 4.06. The summed E-state index contributed by atoms with van der Waals surface area (Å²) in [6.45, 7) is 2.93. The lowest BCUT2D eigenvalue weighted by atomic mass is 9.98. The van der Waals surface area contributed by atoms with Gasteiger partial charge in [-0.2, -0.15) is 0 Å². The molecule has 0 unspecified atom stereocenters. The number of nitrogens with one attached hydrogen (secondary N) is 1. The Hall–Kier alpha value is -2.70. The Morgan fingerprint density at radius 1 is 1.38 bits per heavy atom. The van der Waals surface area contributed by atoms with Gasteiger partial charge in [-0.15, -0.1) is 0 Å². The molecule has 1 saturated heterocycles. The number of rotatable bonds is 4. The van der Waals surface area contributed by atoms with E-state index in [0.29, 0.717) is 36.1 Å². The van der Waals surface area contributed by atoms with E-state index in [1.54, 1.807) is 31.2 Å². The number of halogens is 1. The minimum absolute atomic E-state index is 0.337. The molecule has 1 atom stereocenters. The molecule has 2 N–H and O–H groups in total. The zero-order chi connectivity index (χ0) is 17.1. The van der Waals surface area contributed by atoms with Crippen molar-refractivity contribution in [2.24, 2.45) is 5.92 Å². The van der Waals surface area contributed by atoms with Crippen molar-refractivity contribution in [3.8, 4) is 0 Å². The summed E-state index contributed by atoms with van der Waals surface area (Å²) in [5, 5.41) is 12.2. The first-order chi connectivity index (χ1) is 11.5. The summed E-state index contributed by atoms with van der Waals surface area (Å²) in [4.78, 5) is 21.9. The van der Waals surface area contributed by atoms with Crippen molar-refractivity contribution >= 4 is 23.3 Å². The van der Waals surface area contributed by atoms with Crippen LogP contribution < -0.4 is 10.2 Å². The molecule has 0 bridgehead atoms. The van der Waals surface area contributed by atoms with E-state index in [-0.39, 0.29) is 5.82 Å². The van der Waals surface area contributed by atoms with Gasteiger partial charge in [0.05, 0.1) is 11.6 Å². The van der Waals surface area contributed by atoms with Crippen LogP contribution >= 0.6 is 0 Å². The summed E-state index contributed by atoms with van der Waals surface area (Å²) in [6.07, 6.45) is 1.48. The molecule has 3 rings (SSSR count). The Balaban J connectivity index is 1.84. The number of hydrogen-bond donors (Lipinski definition) is 2. The SMILES string of the molecule is Cc1nc(Nc2ccccc2F)cc(N2CCC[C@@H](C(=O)O)C2)n1. The Bertz CT molecular complexity index is 753. The van der Waals surface area contributed by atoms with Crippen LogP contribution in [-0.4, -0.2) is 34.1 Å². The van der Waals surface area contributed by atoms with E-state index in [4.69, 9.17) is 0 Å². The van der Waals surface area contributed by atoms with Gasteiger partial charge in [-0.05, 0) is 31.9 Å². The molecule has 1 aliphatic rings. The van der Waals surface area contributed by atoms with Gasteiger partial charge < -0.3 is 15.3 Å². The number of carboxylic acid groups (broad SMARTS) is 1. The van der Waals surface area contributed by atoms with Crippen molar-refractivity contribution in [1.29, 1.82) is 0 Å². The van der Waals surface area contributed by atoms with Crippen LogP contribution in [0.5, 0.6) is 0 Å². The number of benzene rings is 1. The lowest BCUT2D eigenvalue weighted by molar-refractivity contribution is -0.141. The fraction of sp³-hybridized carbons (Fsp3) is 0.353. The van der Waals surface area contributed by atoms with E-state index in [1.807, 2.05) is 4.90 Å². The second-order valence-electron chi connectivity index (χ2n) is 5.89. The number of piperidine rings is 1. The minimum atomic E-state index is -0.782. The molecule has 0 amide bonds. The highest BCUT2D eigenvalue weighted by atomic mass is 19.1. The fourth-order valence-corrected chi connectivity index (χ4v) is 2.87. The summed E-state index contributed by atoms with van der Waals surface area (Å²) in [5.74, 6) is 0.155. The summed E-state index contributed by atoms with van der Waals surface area (Å²) < 4.78 is 13.8. The highest BCUT2D eigenvalue weighted by molar-refractivity contribution is 5.71. The predicted octanol–water partition coefficient (Wildman–Crippen LogP) is 2.97. The molecule has 0 saturated carbocycles. The van der Waals surface area contributed by atoms with Gasteiger partial charge in [0, 0.05) is 19.2 Å². The first-order valence-corrected chi connectivity index (χ1v) is 7.88. The monoisotopic (exact) mass is 330 g/mol. The number of aromatic nitrogens is 2. The average Bonchev–Trinajstić information content (AvgIpc) is 2.56. The van der Waals surface area contributed by atoms with Crippen molar-refractivity contribution in [2.75, 3.05) is 23.3 Å². The van der Waals surface area contributed by atoms with Gasteiger partial charge in [0.1, 0.15) is 23.3 Å². The van der Waals surface area contributed by atoms with Crippen molar-refractivity contribution in [3.05, 3.63) is 42.0 Å². The van der Waals surface area contributed by atoms with E-state index in [1.165, 1.54) is 6.07 Å². The van der Waals surface area contributed by atoms with Gasteiger partial charge in [0.25, 0.3) is 0 Å². The van der Waals surface area contributed by atoms with Crippen molar-refractivity contribution < 1.29 is 14.3 Å². The van der Waals surface area contributed by atoms with Gasteiger partial charge in [-0.25, -0.2) is 14.4 Å². The van der Waals surface area contributed by atoms with E-state index >= 15 is 0 Å². The predicted molar refractivity (Wildman–Crippen MR) is 89.0 cm³/mol. The fourth-order valence-electron chi connectivity index (χ4n) is 2.87. The second-order valence-corrected chi connectivity index (χ2v) is 5.89. The molecule has 0 aliphatic carbocycles. The number of carbonyl (C=O) groups is 1. The topological polar surface area (TPSA) is 78.4 Å². The lowest BCUT2D eigenvalue weighted by Gasteiger charge is -2.31. The highest BCUT2D eigenvalue weighted by Gasteiger charge is 2.26. The third-order valence-corrected chi connectivity index (χ3v) is 4.06. The van der Waals surface area contributed by atoms with Crippen LogP contribution in [0.2, 0.25) is 0 Å². The molecule has 24 heavy (non-hydrogen) atoms. The van der Waals surface area contributed by atoms with Crippen molar-refractivity contribution in [3.63, 3.8) is 0 Å². The Morgan fingerprint density at radius 2 is 2.17 bits per heavy atom. The number of carboxylic acids is 1. The zero-order valence-corrected chi connectivity index (χ0v) is 13.4. The van der Waals surface area contributed by atoms with Gasteiger partial charge >= 0.3 is 5.97 Å². The normalized spacial score (nSPS) is 17.6. The number of aliphatic carboxylic acids is 1. The molecule has 0 spiro atoms. The Kier molecular flexibility index (Phi) is 4.59. The van der Waals surface area contributed by atoms with Gasteiger partial charge in [-0.1, -0.05) is 12.1 Å². The number of nitrogens with zero attached hydrogens (tertiary/aromatic N) is 3. The Morgan fingerprint density at radius 3 is 2.92 bits per heavy atom. The number of aryl methyl sites for hydroxylation is 1. The first kappa shape index (κ1) is 16.2. The van der Waals surface area contributed by atoms with E-state index in [0.717, 1.165) is 13.0 Å². The van der Waals surface area contributed by atoms with Crippen molar-refractivity contribution in [2.45, 2.75) is 19.8 Å². The number of anilines is 3. The summed E-state index contributed by atoms with van der Waals surface area (Å²) in [5.41, 5.74) is 0.337. The van der Waals surface area contributed by atoms with Gasteiger partial charge in [0.2, 0.25) is 0 Å². The largest absolute Gasteiger partial charge is 0.481 e. The van der Waals surface area contributed by atoms with Crippen LogP contribution in [0.25, 0.3) is 0 Å². The highest BCUT2D eigenvalue weighted by Crippen LogP contribution is 2.25. The van der Waals surface area contributed by atoms with Crippen LogP contribution in [0.4, 0.5) is 21.7 Å². The molecule has 6 nitrogen and oxygen atoms in total. The maximum absolute atomic E-state index is 13.8. The molecule has 2 aromatic rings. The molecule has 0 radical (unpaired) electrons. The summed E-state index contributed by atoms with van der Waals surface area (Å²) >= 11 is 0. The number of para-hydroxylation sites is 1. The average molecular weight is 330 g/mol. The van der Waals surface area contributed by atoms with Crippen LogP contribution in [0.3, 0.4) is 0 Å². The van der Waals surface area contributed by atoms with E-state index < -0.39 is 11.9 Å².